The van der Waals surface area contributed by atoms with Crippen LogP contribution in [0.25, 0.3) is 0 Å². The molecule has 0 aromatic carbocycles. The molecule has 6 heteroatoms. The second-order valence-corrected chi connectivity index (χ2v) is 5.23. The van der Waals surface area contributed by atoms with E-state index in [4.69, 9.17) is 5.11 Å². The average Bonchev–Trinajstić information content (AvgIpc) is 3.04. The summed E-state index contributed by atoms with van der Waals surface area (Å²) in [6.07, 6.45) is 1.00. The SMILES string of the molecule is OCc1cc2n(n1)CCN(CCc1cscn1)C2. The number of thiazole rings is 1. The number of aliphatic hydroxyl groups is 1. The lowest BCUT2D eigenvalue weighted by atomic mass is 10.2. The molecule has 0 atom stereocenters. The van der Waals surface area contributed by atoms with E-state index in [1.165, 1.54) is 11.4 Å². The molecule has 0 aliphatic carbocycles. The van der Waals surface area contributed by atoms with Crippen LogP contribution in [0.5, 0.6) is 0 Å². The molecular weight excluding hydrogens is 248 g/mol. The molecule has 0 bridgehead atoms. The number of hydrogen-bond acceptors (Lipinski definition) is 5. The van der Waals surface area contributed by atoms with Crippen molar-refractivity contribution in [2.45, 2.75) is 26.1 Å². The van der Waals surface area contributed by atoms with Gasteiger partial charge in [0.15, 0.2) is 0 Å². The lowest BCUT2D eigenvalue weighted by Crippen LogP contribution is -2.35. The fourth-order valence-electron chi connectivity index (χ4n) is 2.28. The zero-order chi connectivity index (χ0) is 12.4. The number of nitrogens with zero attached hydrogens (tertiary/aromatic N) is 4. The van der Waals surface area contributed by atoms with Crippen molar-refractivity contribution in [3.05, 3.63) is 34.0 Å². The van der Waals surface area contributed by atoms with E-state index in [0.717, 1.165) is 38.3 Å². The summed E-state index contributed by atoms with van der Waals surface area (Å²) in [4.78, 5) is 6.72. The molecule has 2 aromatic rings. The Morgan fingerprint density at radius 2 is 2.28 bits per heavy atom. The molecule has 96 valence electrons. The summed E-state index contributed by atoms with van der Waals surface area (Å²) >= 11 is 1.65. The third-order valence-electron chi connectivity index (χ3n) is 3.26. The van der Waals surface area contributed by atoms with E-state index in [1.807, 2.05) is 16.3 Å². The normalized spacial score (nSPS) is 15.8. The van der Waals surface area contributed by atoms with Gasteiger partial charge >= 0.3 is 0 Å². The van der Waals surface area contributed by atoms with Crippen molar-refractivity contribution in [2.24, 2.45) is 0 Å². The second kappa shape index (κ2) is 5.17. The summed E-state index contributed by atoms with van der Waals surface area (Å²) in [7, 11) is 0. The summed E-state index contributed by atoms with van der Waals surface area (Å²) in [6.45, 7) is 3.90. The first-order valence-electron chi connectivity index (χ1n) is 6.11. The van der Waals surface area contributed by atoms with Gasteiger partial charge in [-0.05, 0) is 6.07 Å². The molecule has 1 aliphatic heterocycles. The second-order valence-electron chi connectivity index (χ2n) is 4.51. The van der Waals surface area contributed by atoms with Crippen LogP contribution in [0, 0.1) is 0 Å². The number of aliphatic hydroxyl groups excluding tert-OH is 1. The van der Waals surface area contributed by atoms with E-state index in [9.17, 15) is 0 Å². The highest BCUT2D eigenvalue weighted by Crippen LogP contribution is 2.14. The lowest BCUT2D eigenvalue weighted by Gasteiger charge is -2.27. The number of rotatable bonds is 4. The third-order valence-corrected chi connectivity index (χ3v) is 3.89. The van der Waals surface area contributed by atoms with Gasteiger partial charge in [-0.25, -0.2) is 4.98 Å². The van der Waals surface area contributed by atoms with Crippen LogP contribution < -0.4 is 0 Å². The minimum Gasteiger partial charge on any atom is -0.390 e. The summed E-state index contributed by atoms with van der Waals surface area (Å²) in [5.41, 5.74) is 5.03. The molecule has 1 aliphatic rings. The summed E-state index contributed by atoms with van der Waals surface area (Å²) in [6, 6.07) is 2.00. The first-order chi connectivity index (χ1) is 8.85. The molecule has 0 saturated heterocycles. The molecule has 0 amide bonds. The van der Waals surface area contributed by atoms with Crippen LogP contribution >= 0.6 is 11.3 Å². The van der Waals surface area contributed by atoms with E-state index < -0.39 is 0 Å². The predicted molar refractivity (Wildman–Crippen MR) is 69.2 cm³/mol. The Balaban J connectivity index is 1.60. The van der Waals surface area contributed by atoms with Crippen LogP contribution in [0.15, 0.2) is 17.0 Å². The van der Waals surface area contributed by atoms with Gasteiger partial charge in [0, 0.05) is 31.4 Å². The lowest BCUT2D eigenvalue weighted by molar-refractivity contribution is 0.214. The highest BCUT2D eigenvalue weighted by Gasteiger charge is 2.17. The molecule has 0 fully saturated rings. The average molecular weight is 264 g/mol. The molecule has 0 spiro atoms. The first kappa shape index (κ1) is 11.8. The Kier molecular flexibility index (Phi) is 3.40. The van der Waals surface area contributed by atoms with Gasteiger partial charge in [0.05, 0.1) is 35.7 Å². The summed E-state index contributed by atoms with van der Waals surface area (Å²) in [5.74, 6) is 0. The summed E-state index contributed by atoms with van der Waals surface area (Å²) in [5, 5.41) is 15.5. The number of aromatic nitrogens is 3. The largest absolute Gasteiger partial charge is 0.390 e. The van der Waals surface area contributed by atoms with Gasteiger partial charge in [-0.15, -0.1) is 11.3 Å². The highest BCUT2D eigenvalue weighted by molar-refractivity contribution is 7.07. The van der Waals surface area contributed by atoms with Gasteiger partial charge in [0.1, 0.15) is 0 Å². The Bertz CT molecular complexity index is 508. The molecule has 2 aromatic heterocycles. The zero-order valence-corrected chi connectivity index (χ0v) is 10.9. The number of fused-ring (bicyclic) bond motifs is 1. The van der Waals surface area contributed by atoms with E-state index >= 15 is 0 Å². The maximum atomic E-state index is 9.08. The quantitative estimate of drug-likeness (QED) is 0.891. The molecule has 0 radical (unpaired) electrons. The van der Waals surface area contributed by atoms with Crippen molar-refractivity contribution in [3.63, 3.8) is 0 Å². The maximum Gasteiger partial charge on any atom is 0.0882 e. The standard InChI is InChI=1S/C12H16N4OS/c17-7-11-5-12-6-15(3-4-16(12)14-11)2-1-10-8-18-9-13-10/h5,8-9,17H,1-4,6-7H2. The van der Waals surface area contributed by atoms with Crippen molar-refractivity contribution in [3.8, 4) is 0 Å². The van der Waals surface area contributed by atoms with Gasteiger partial charge < -0.3 is 5.11 Å². The van der Waals surface area contributed by atoms with Gasteiger partial charge in [0.25, 0.3) is 0 Å². The molecule has 0 saturated carbocycles. The molecule has 3 rings (SSSR count). The molecule has 3 heterocycles. The Labute approximate surface area is 110 Å². The highest BCUT2D eigenvalue weighted by atomic mass is 32.1. The van der Waals surface area contributed by atoms with Crippen molar-refractivity contribution >= 4 is 11.3 Å². The molecule has 5 nitrogen and oxygen atoms in total. The van der Waals surface area contributed by atoms with Crippen LogP contribution in [0.2, 0.25) is 0 Å². The van der Waals surface area contributed by atoms with Gasteiger partial charge in [-0.2, -0.15) is 5.10 Å². The van der Waals surface area contributed by atoms with Crippen LogP contribution in [0.3, 0.4) is 0 Å². The zero-order valence-electron chi connectivity index (χ0n) is 10.1. The topological polar surface area (TPSA) is 54.2 Å². The van der Waals surface area contributed by atoms with Crippen LogP contribution in [-0.4, -0.2) is 37.9 Å². The fourth-order valence-corrected chi connectivity index (χ4v) is 2.87. The molecule has 0 unspecified atom stereocenters. The first-order valence-corrected chi connectivity index (χ1v) is 7.05. The van der Waals surface area contributed by atoms with Crippen molar-refractivity contribution in [2.75, 3.05) is 13.1 Å². The Morgan fingerprint density at radius 3 is 3.06 bits per heavy atom. The molecule has 18 heavy (non-hydrogen) atoms. The minimum atomic E-state index is 0.0266. The third kappa shape index (κ3) is 2.45. The molecule has 1 N–H and O–H groups in total. The number of hydrogen-bond donors (Lipinski definition) is 1. The van der Waals surface area contributed by atoms with Crippen molar-refractivity contribution in [1.82, 2.24) is 19.7 Å². The van der Waals surface area contributed by atoms with Gasteiger partial charge in [-0.3, -0.25) is 9.58 Å². The Hall–Kier alpha value is -1.24. The van der Waals surface area contributed by atoms with Crippen molar-refractivity contribution < 1.29 is 5.11 Å². The van der Waals surface area contributed by atoms with Crippen LogP contribution in [0.1, 0.15) is 17.1 Å². The maximum absolute atomic E-state index is 9.08. The molecular formula is C12H16N4OS. The van der Waals surface area contributed by atoms with Crippen molar-refractivity contribution in [1.29, 1.82) is 0 Å². The van der Waals surface area contributed by atoms with Gasteiger partial charge in [0.2, 0.25) is 0 Å². The van der Waals surface area contributed by atoms with E-state index in [0.29, 0.717) is 0 Å². The fraction of sp³-hybridized carbons (Fsp3) is 0.500. The summed E-state index contributed by atoms with van der Waals surface area (Å²) < 4.78 is 2.00. The smallest absolute Gasteiger partial charge is 0.0882 e. The minimum absolute atomic E-state index is 0.0266. The van der Waals surface area contributed by atoms with Crippen LogP contribution in [-0.2, 0) is 26.1 Å². The van der Waals surface area contributed by atoms with E-state index in [2.05, 4.69) is 20.4 Å². The predicted octanol–water partition coefficient (Wildman–Crippen LogP) is 0.890. The monoisotopic (exact) mass is 264 g/mol. The van der Waals surface area contributed by atoms with E-state index in [1.54, 1.807) is 11.3 Å². The van der Waals surface area contributed by atoms with Crippen LogP contribution in [0.4, 0.5) is 0 Å². The van der Waals surface area contributed by atoms with E-state index in [-0.39, 0.29) is 6.61 Å². The Morgan fingerprint density at radius 1 is 1.33 bits per heavy atom. The van der Waals surface area contributed by atoms with Gasteiger partial charge in [-0.1, -0.05) is 0 Å².